The average molecular weight is 759 g/mol. The molecule has 0 atom stereocenters. The molecule has 0 fully saturated rings. The van der Waals surface area contributed by atoms with Crippen molar-refractivity contribution in [3.8, 4) is 11.3 Å². The van der Waals surface area contributed by atoms with Crippen LogP contribution in [0.3, 0.4) is 0 Å². The third-order valence-corrected chi connectivity index (χ3v) is 11.7. The van der Waals surface area contributed by atoms with Gasteiger partial charge in [0.2, 0.25) is 0 Å². The van der Waals surface area contributed by atoms with Crippen LogP contribution in [0.5, 0.6) is 0 Å². The zero-order valence-electron chi connectivity index (χ0n) is 26.5. The lowest BCUT2D eigenvalue weighted by molar-refractivity contribution is 0.994. The van der Waals surface area contributed by atoms with Gasteiger partial charge in [-0.2, -0.15) is 0 Å². The van der Waals surface area contributed by atoms with Crippen molar-refractivity contribution in [1.82, 2.24) is 9.55 Å². The third kappa shape index (κ3) is 5.47. The van der Waals surface area contributed by atoms with Crippen molar-refractivity contribution in [2.24, 2.45) is 7.05 Å². The molecular weight excluding hydrogens is 714 g/mol. The van der Waals surface area contributed by atoms with E-state index in [-0.39, 0.29) is 0 Å². The number of halogens is 2. The molecule has 2 heterocycles. The van der Waals surface area contributed by atoms with Crippen molar-refractivity contribution >= 4 is 67.0 Å². The van der Waals surface area contributed by atoms with Crippen LogP contribution in [0.1, 0.15) is 69.6 Å². The standard InChI is InChI=1S/C21H27N.C13H11I2N.C2H6/c1-10-12(3)16(7)20-18(14(10)5)19-15(6)11(2)13(4)17(8)21(19)22(20)9;1-8-11(14)9(2)16-13(12(8)15)10-6-4-3-5-7-10;1-2/h1-9H3;3-7H,1-2H3;1-2H3. The van der Waals surface area contributed by atoms with Crippen molar-refractivity contribution < 1.29 is 0 Å². The predicted octanol–water partition coefficient (Wildman–Crippen LogP) is 11.4. The number of aromatic nitrogens is 2. The molecule has 40 heavy (non-hydrogen) atoms. The SMILES string of the molecule is CC.Cc1c(C)c(C)c2c(c1C)c1c(C)c(C)c(C)c(C)c1n2C.Cc1nc(-c2ccccc2)c(I)c(C)c1I. The fraction of sp³-hybridized carbons (Fsp3) is 0.361. The summed E-state index contributed by atoms with van der Waals surface area (Å²) in [6.45, 7) is 26.4. The summed E-state index contributed by atoms with van der Waals surface area (Å²) < 4.78 is 4.94. The number of aryl methyl sites for hydroxylation is 6. The van der Waals surface area contributed by atoms with Gasteiger partial charge in [0.05, 0.1) is 22.4 Å². The largest absolute Gasteiger partial charge is 0.343 e. The van der Waals surface area contributed by atoms with E-state index in [1.165, 1.54) is 84.6 Å². The molecule has 0 aliphatic heterocycles. The molecule has 0 N–H and O–H groups in total. The minimum absolute atomic E-state index is 1.09. The Labute approximate surface area is 269 Å². The molecule has 0 amide bonds. The Bertz CT molecular complexity index is 1650. The summed E-state index contributed by atoms with van der Waals surface area (Å²) in [5.41, 5.74) is 19.0. The van der Waals surface area contributed by atoms with E-state index in [4.69, 9.17) is 0 Å². The summed E-state index contributed by atoms with van der Waals surface area (Å²) in [6, 6.07) is 10.3. The van der Waals surface area contributed by atoms with Gasteiger partial charge in [-0.05, 0) is 164 Å². The maximum absolute atomic E-state index is 4.69. The van der Waals surface area contributed by atoms with Crippen LogP contribution in [-0.2, 0) is 7.05 Å². The van der Waals surface area contributed by atoms with Crippen molar-refractivity contribution in [3.63, 3.8) is 0 Å². The number of benzene rings is 3. The van der Waals surface area contributed by atoms with Crippen molar-refractivity contribution in [2.75, 3.05) is 0 Å². The minimum atomic E-state index is 1.09. The third-order valence-electron chi connectivity index (χ3n) is 8.74. The van der Waals surface area contributed by atoms with E-state index in [1.54, 1.807) is 0 Å². The number of rotatable bonds is 1. The number of fused-ring (bicyclic) bond motifs is 3. The summed E-state index contributed by atoms with van der Waals surface area (Å²) >= 11 is 4.75. The molecule has 0 aliphatic carbocycles. The second-order valence-electron chi connectivity index (χ2n) is 10.7. The van der Waals surface area contributed by atoms with Crippen LogP contribution < -0.4 is 0 Å². The van der Waals surface area contributed by atoms with E-state index < -0.39 is 0 Å². The van der Waals surface area contributed by atoms with Crippen molar-refractivity contribution in [1.29, 1.82) is 0 Å². The van der Waals surface area contributed by atoms with Gasteiger partial charge in [0.25, 0.3) is 0 Å². The van der Waals surface area contributed by atoms with E-state index in [2.05, 4.69) is 155 Å². The fourth-order valence-electron chi connectivity index (χ4n) is 5.75. The molecular formula is C36H44I2N2. The maximum atomic E-state index is 4.69. The number of nitrogens with zero attached hydrogens (tertiary/aromatic N) is 2. The second-order valence-corrected chi connectivity index (χ2v) is 12.8. The highest BCUT2D eigenvalue weighted by Crippen LogP contribution is 2.41. The lowest BCUT2D eigenvalue weighted by Crippen LogP contribution is -1.99. The molecule has 4 heteroatoms. The first-order valence-corrected chi connectivity index (χ1v) is 16.3. The summed E-state index contributed by atoms with van der Waals surface area (Å²) in [5, 5.41) is 2.92. The molecule has 2 aromatic heterocycles. The Balaban J connectivity index is 0.000000217. The lowest BCUT2D eigenvalue weighted by atomic mass is 9.90. The van der Waals surface area contributed by atoms with Gasteiger partial charge >= 0.3 is 0 Å². The van der Waals surface area contributed by atoms with Crippen molar-refractivity contribution in [2.45, 2.75) is 83.1 Å². The molecule has 5 rings (SSSR count). The van der Waals surface area contributed by atoms with Crippen LogP contribution in [0.15, 0.2) is 30.3 Å². The number of pyridine rings is 1. The molecule has 0 bridgehead atoms. The van der Waals surface area contributed by atoms with Gasteiger partial charge in [0, 0.05) is 30.5 Å². The molecule has 0 saturated carbocycles. The Morgan fingerprint density at radius 1 is 0.525 bits per heavy atom. The summed E-state index contributed by atoms with van der Waals surface area (Å²) in [5.74, 6) is 0. The second kappa shape index (κ2) is 12.9. The molecule has 0 unspecified atom stereocenters. The zero-order valence-corrected chi connectivity index (χ0v) is 30.9. The fourth-order valence-corrected chi connectivity index (χ4v) is 7.35. The first-order chi connectivity index (χ1) is 18.8. The highest BCUT2D eigenvalue weighted by atomic mass is 127. The Morgan fingerprint density at radius 3 is 1.35 bits per heavy atom. The first-order valence-electron chi connectivity index (χ1n) is 14.1. The number of hydrogen-bond donors (Lipinski definition) is 0. The van der Waals surface area contributed by atoms with Crippen LogP contribution in [0, 0.1) is 76.4 Å². The van der Waals surface area contributed by atoms with Gasteiger partial charge in [0.1, 0.15) is 0 Å². The lowest BCUT2D eigenvalue weighted by Gasteiger charge is -2.13. The summed E-state index contributed by atoms with van der Waals surface area (Å²) in [6.07, 6.45) is 0. The normalized spacial score (nSPS) is 10.9. The van der Waals surface area contributed by atoms with Crippen LogP contribution in [0.25, 0.3) is 33.1 Å². The van der Waals surface area contributed by atoms with E-state index in [9.17, 15) is 0 Å². The highest BCUT2D eigenvalue weighted by molar-refractivity contribution is 14.1. The first kappa shape index (κ1) is 32.6. The Morgan fingerprint density at radius 2 is 0.925 bits per heavy atom. The van der Waals surface area contributed by atoms with E-state index >= 15 is 0 Å². The minimum Gasteiger partial charge on any atom is -0.343 e. The van der Waals surface area contributed by atoms with Gasteiger partial charge < -0.3 is 4.57 Å². The quantitative estimate of drug-likeness (QED) is 0.156. The monoisotopic (exact) mass is 758 g/mol. The molecule has 5 aromatic rings. The van der Waals surface area contributed by atoms with Crippen LogP contribution in [-0.4, -0.2) is 9.55 Å². The number of hydrogen-bond acceptors (Lipinski definition) is 1. The summed E-state index contributed by atoms with van der Waals surface area (Å²) in [7, 11) is 2.23. The molecule has 0 aliphatic rings. The molecule has 0 spiro atoms. The molecule has 3 aromatic carbocycles. The Hall–Kier alpha value is -1.93. The van der Waals surface area contributed by atoms with Gasteiger partial charge in [-0.25, -0.2) is 0 Å². The van der Waals surface area contributed by atoms with E-state index in [0.717, 1.165) is 11.4 Å². The smallest absolute Gasteiger partial charge is 0.0842 e. The summed E-state index contributed by atoms with van der Waals surface area (Å²) in [4.78, 5) is 4.69. The van der Waals surface area contributed by atoms with E-state index in [1.807, 2.05) is 19.9 Å². The molecule has 0 saturated heterocycles. The van der Waals surface area contributed by atoms with Crippen LogP contribution in [0.4, 0.5) is 0 Å². The highest BCUT2D eigenvalue weighted by Gasteiger charge is 2.21. The van der Waals surface area contributed by atoms with E-state index in [0.29, 0.717) is 0 Å². The van der Waals surface area contributed by atoms with Crippen LogP contribution >= 0.6 is 45.2 Å². The van der Waals surface area contributed by atoms with Gasteiger partial charge in [-0.3, -0.25) is 4.98 Å². The maximum Gasteiger partial charge on any atom is 0.0842 e. The molecule has 212 valence electrons. The van der Waals surface area contributed by atoms with Gasteiger partial charge in [0.15, 0.2) is 0 Å². The zero-order chi connectivity index (χ0) is 30.2. The average Bonchev–Trinajstić information content (AvgIpc) is 3.28. The Kier molecular flexibility index (Phi) is 10.5. The van der Waals surface area contributed by atoms with Crippen molar-refractivity contribution in [3.05, 3.63) is 93.2 Å². The van der Waals surface area contributed by atoms with Crippen LogP contribution in [0.2, 0.25) is 0 Å². The van der Waals surface area contributed by atoms with Gasteiger partial charge in [-0.1, -0.05) is 44.2 Å². The predicted molar refractivity (Wildman–Crippen MR) is 194 cm³/mol. The van der Waals surface area contributed by atoms with Gasteiger partial charge in [-0.15, -0.1) is 0 Å². The topological polar surface area (TPSA) is 17.8 Å². The molecule has 0 radical (unpaired) electrons. The molecule has 2 nitrogen and oxygen atoms in total.